The predicted octanol–water partition coefficient (Wildman–Crippen LogP) is 2.36. The first-order valence-electron chi connectivity index (χ1n) is 5.12. The van der Waals surface area contributed by atoms with Crippen LogP contribution >= 0.6 is 0 Å². The van der Waals surface area contributed by atoms with Crippen molar-refractivity contribution in [2.24, 2.45) is 0 Å². The highest BCUT2D eigenvalue weighted by molar-refractivity contribution is 4.87. The molecule has 1 unspecified atom stereocenters. The van der Waals surface area contributed by atoms with Crippen LogP contribution in [0.5, 0.6) is 0 Å². The molecule has 2 nitrogen and oxygen atoms in total. The Kier molecular flexibility index (Phi) is 8.05. The Balaban J connectivity index is 3.04. The van der Waals surface area contributed by atoms with E-state index in [-0.39, 0.29) is 0 Å². The van der Waals surface area contributed by atoms with Crippen molar-refractivity contribution in [3.8, 4) is 0 Å². The van der Waals surface area contributed by atoms with Crippen LogP contribution in [-0.2, 0) is 4.74 Å². The Hall–Kier alpha value is -0.340. The normalized spacial score (nSPS) is 12.8. The highest BCUT2D eigenvalue weighted by atomic mass is 16.5. The molecule has 0 saturated heterocycles. The van der Waals surface area contributed by atoms with Gasteiger partial charge >= 0.3 is 0 Å². The second-order valence-electron chi connectivity index (χ2n) is 3.58. The van der Waals surface area contributed by atoms with Crippen molar-refractivity contribution in [1.29, 1.82) is 0 Å². The quantitative estimate of drug-likeness (QED) is 0.463. The molecule has 0 radical (unpaired) electrons. The topological polar surface area (TPSA) is 21.3 Å². The molecule has 1 atom stereocenters. The van der Waals surface area contributed by atoms with Gasteiger partial charge in [-0.2, -0.15) is 0 Å². The first kappa shape index (κ1) is 12.7. The molecule has 0 spiro atoms. The van der Waals surface area contributed by atoms with Gasteiger partial charge in [0, 0.05) is 12.6 Å². The molecule has 1 N–H and O–H groups in total. The second-order valence-corrected chi connectivity index (χ2v) is 3.58. The summed E-state index contributed by atoms with van der Waals surface area (Å²) in [4.78, 5) is 0. The molecule has 0 saturated carbocycles. The minimum absolute atomic E-state index is 0.602. The average Bonchev–Trinajstić information content (AvgIpc) is 2.10. The largest absolute Gasteiger partial charge is 0.380 e. The minimum Gasteiger partial charge on any atom is -0.380 e. The Bertz CT molecular complexity index is 134. The van der Waals surface area contributed by atoms with Gasteiger partial charge in [0.25, 0.3) is 0 Å². The van der Waals surface area contributed by atoms with Gasteiger partial charge < -0.3 is 10.1 Å². The van der Waals surface area contributed by atoms with E-state index in [1.807, 2.05) is 6.92 Å². The summed E-state index contributed by atoms with van der Waals surface area (Å²) < 4.78 is 5.42. The second kappa shape index (κ2) is 8.27. The molecule has 0 aliphatic carbocycles. The van der Waals surface area contributed by atoms with Crippen LogP contribution in [-0.4, -0.2) is 25.8 Å². The summed E-state index contributed by atoms with van der Waals surface area (Å²) in [6.45, 7) is 12.8. The fraction of sp³-hybridized carbons (Fsp3) is 0.818. The van der Waals surface area contributed by atoms with Crippen LogP contribution in [0.4, 0.5) is 0 Å². The molecule has 0 aromatic carbocycles. The molecule has 2 heteroatoms. The van der Waals surface area contributed by atoms with Crippen molar-refractivity contribution in [3.05, 3.63) is 12.2 Å². The first-order chi connectivity index (χ1) is 6.16. The SMILES string of the molecule is C=C(C)CCOCCNC(C)CC. The van der Waals surface area contributed by atoms with Crippen LogP contribution in [0.1, 0.15) is 33.6 Å². The van der Waals surface area contributed by atoms with Crippen LogP contribution in [0.25, 0.3) is 0 Å². The smallest absolute Gasteiger partial charge is 0.0591 e. The summed E-state index contributed by atoms with van der Waals surface area (Å²) in [5, 5.41) is 3.37. The van der Waals surface area contributed by atoms with E-state index in [1.54, 1.807) is 0 Å². The van der Waals surface area contributed by atoms with Gasteiger partial charge in [0.05, 0.1) is 13.2 Å². The molecular formula is C11H23NO. The molecule has 0 aliphatic heterocycles. The fourth-order valence-corrected chi connectivity index (χ4v) is 0.870. The zero-order valence-corrected chi connectivity index (χ0v) is 9.23. The maximum Gasteiger partial charge on any atom is 0.0591 e. The van der Waals surface area contributed by atoms with Crippen molar-refractivity contribution in [2.75, 3.05) is 19.8 Å². The molecular weight excluding hydrogens is 162 g/mol. The Labute approximate surface area is 82.4 Å². The van der Waals surface area contributed by atoms with Gasteiger partial charge in [0.1, 0.15) is 0 Å². The van der Waals surface area contributed by atoms with E-state index >= 15 is 0 Å². The van der Waals surface area contributed by atoms with Crippen LogP contribution in [0.15, 0.2) is 12.2 Å². The fourth-order valence-electron chi connectivity index (χ4n) is 0.870. The molecule has 0 bridgehead atoms. The molecule has 13 heavy (non-hydrogen) atoms. The first-order valence-corrected chi connectivity index (χ1v) is 5.12. The van der Waals surface area contributed by atoms with Gasteiger partial charge in [-0.25, -0.2) is 0 Å². The Morgan fingerprint density at radius 2 is 2.15 bits per heavy atom. The lowest BCUT2D eigenvalue weighted by atomic mass is 10.2. The number of rotatable bonds is 8. The third-order valence-electron chi connectivity index (χ3n) is 2.02. The molecule has 0 rings (SSSR count). The third-order valence-corrected chi connectivity index (χ3v) is 2.02. The molecule has 0 aromatic rings. The highest BCUT2D eigenvalue weighted by Crippen LogP contribution is 1.94. The molecule has 0 fully saturated rings. The highest BCUT2D eigenvalue weighted by Gasteiger charge is 1.95. The van der Waals surface area contributed by atoms with Crippen LogP contribution < -0.4 is 5.32 Å². The zero-order valence-electron chi connectivity index (χ0n) is 9.23. The maximum atomic E-state index is 5.42. The van der Waals surface area contributed by atoms with E-state index in [0.29, 0.717) is 6.04 Å². The van der Waals surface area contributed by atoms with E-state index in [1.165, 1.54) is 12.0 Å². The van der Waals surface area contributed by atoms with Gasteiger partial charge in [0.2, 0.25) is 0 Å². The standard InChI is InChI=1S/C11H23NO/c1-5-11(4)12-7-9-13-8-6-10(2)3/h11-12H,2,5-9H2,1,3-4H3. The van der Waals surface area contributed by atoms with Crippen LogP contribution in [0.3, 0.4) is 0 Å². The van der Waals surface area contributed by atoms with Crippen LogP contribution in [0.2, 0.25) is 0 Å². The summed E-state index contributed by atoms with van der Waals surface area (Å²) in [6.07, 6.45) is 2.15. The molecule has 0 aliphatic rings. The van der Waals surface area contributed by atoms with E-state index < -0.39 is 0 Å². The monoisotopic (exact) mass is 185 g/mol. The summed E-state index contributed by atoms with van der Waals surface area (Å²) in [5.41, 5.74) is 1.19. The van der Waals surface area contributed by atoms with Crippen molar-refractivity contribution in [3.63, 3.8) is 0 Å². The molecule has 78 valence electrons. The third kappa shape index (κ3) is 9.57. The van der Waals surface area contributed by atoms with Gasteiger partial charge in [-0.15, -0.1) is 6.58 Å². The molecule has 0 aromatic heterocycles. The minimum atomic E-state index is 0.602. The summed E-state index contributed by atoms with van der Waals surface area (Å²) in [6, 6.07) is 0.602. The summed E-state index contributed by atoms with van der Waals surface area (Å²) in [7, 11) is 0. The summed E-state index contributed by atoms with van der Waals surface area (Å²) in [5.74, 6) is 0. The number of hydrogen-bond acceptors (Lipinski definition) is 2. The Morgan fingerprint density at radius 1 is 1.46 bits per heavy atom. The number of nitrogens with one attached hydrogen (secondary N) is 1. The lowest BCUT2D eigenvalue weighted by Crippen LogP contribution is -2.28. The zero-order chi connectivity index (χ0) is 10.1. The van der Waals surface area contributed by atoms with Gasteiger partial charge in [-0.05, 0) is 26.7 Å². The Morgan fingerprint density at radius 3 is 2.69 bits per heavy atom. The van der Waals surface area contributed by atoms with Crippen molar-refractivity contribution in [2.45, 2.75) is 39.7 Å². The summed E-state index contributed by atoms with van der Waals surface area (Å²) >= 11 is 0. The molecule has 0 heterocycles. The van der Waals surface area contributed by atoms with E-state index in [2.05, 4.69) is 25.7 Å². The average molecular weight is 185 g/mol. The van der Waals surface area contributed by atoms with Gasteiger partial charge in [-0.1, -0.05) is 12.5 Å². The van der Waals surface area contributed by atoms with E-state index in [4.69, 9.17) is 4.74 Å². The van der Waals surface area contributed by atoms with E-state index in [0.717, 1.165) is 26.2 Å². The maximum absolute atomic E-state index is 5.42. The predicted molar refractivity (Wildman–Crippen MR) is 58.0 cm³/mol. The van der Waals surface area contributed by atoms with Crippen molar-refractivity contribution >= 4 is 0 Å². The van der Waals surface area contributed by atoms with E-state index in [9.17, 15) is 0 Å². The molecule has 0 amide bonds. The van der Waals surface area contributed by atoms with Gasteiger partial charge in [0.15, 0.2) is 0 Å². The van der Waals surface area contributed by atoms with Crippen molar-refractivity contribution < 1.29 is 4.74 Å². The van der Waals surface area contributed by atoms with Gasteiger partial charge in [-0.3, -0.25) is 0 Å². The number of hydrogen-bond donors (Lipinski definition) is 1. The lowest BCUT2D eigenvalue weighted by Gasteiger charge is -2.11. The van der Waals surface area contributed by atoms with Crippen LogP contribution in [0, 0.1) is 0 Å². The lowest BCUT2D eigenvalue weighted by molar-refractivity contribution is 0.137. The van der Waals surface area contributed by atoms with Crippen molar-refractivity contribution in [1.82, 2.24) is 5.32 Å². The number of ether oxygens (including phenoxy) is 1.